The minimum absolute atomic E-state index is 0.172. The number of rotatable bonds is 5. The molecule has 2 aromatic heterocycles. The maximum Gasteiger partial charge on any atom is 0.320 e. The van der Waals surface area contributed by atoms with Crippen LogP contribution in [0, 0.1) is 5.41 Å². The molecule has 160 valence electrons. The number of urea groups is 1. The van der Waals surface area contributed by atoms with Gasteiger partial charge in [-0.2, -0.15) is 0 Å². The van der Waals surface area contributed by atoms with Gasteiger partial charge in [-0.1, -0.05) is 13.8 Å². The average Bonchev–Trinajstić information content (AvgIpc) is 2.72. The van der Waals surface area contributed by atoms with E-state index < -0.39 is 5.91 Å². The molecular formula is C21H29N7O2. The number of nitrogens with two attached hydrogens (primary N) is 1. The molecule has 1 fully saturated rings. The molecule has 0 aliphatic carbocycles. The highest BCUT2D eigenvalue weighted by atomic mass is 16.2. The Bertz CT molecular complexity index is 929. The van der Waals surface area contributed by atoms with Crippen LogP contribution in [0.4, 0.5) is 16.3 Å². The number of hydrogen-bond acceptors (Lipinski definition) is 6. The number of hydrogen-bond donors (Lipinski definition) is 4. The molecule has 5 N–H and O–H groups in total. The molecule has 3 rings (SSSR count). The van der Waals surface area contributed by atoms with Gasteiger partial charge in [0.1, 0.15) is 5.82 Å². The van der Waals surface area contributed by atoms with Crippen molar-refractivity contribution in [3.05, 3.63) is 36.3 Å². The van der Waals surface area contributed by atoms with E-state index in [1.165, 1.54) is 6.20 Å². The second kappa shape index (κ2) is 9.08. The van der Waals surface area contributed by atoms with E-state index in [2.05, 4.69) is 44.8 Å². The van der Waals surface area contributed by atoms with Crippen LogP contribution in [-0.2, 0) is 0 Å². The van der Waals surface area contributed by atoms with Gasteiger partial charge in [0.15, 0.2) is 0 Å². The van der Waals surface area contributed by atoms with Crippen molar-refractivity contribution >= 4 is 23.4 Å². The summed E-state index contributed by atoms with van der Waals surface area (Å²) in [4.78, 5) is 34.8. The summed E-state index contributed by atoms with van der Waals surface area (Å²) >= 11 is 0. The number of pyridine rings is 2. The first-order valence-electron chi connectivity index (χ1n) is 10.1. The second-order valence-electron chi connectivity index (χ2n) is 8.20. The number of anilines is 2. The van der Waals surface area contributed by atoms with E-state index in [4.69, 9.17) is 5.84 Å². The molecule has 0 radical (unpaired) electrons. The lowest BCUT2D eigenvalue weighted by molar-refractivity contribution is 0.0953. The smallest absolute Gasteiger partial charge is 0.320 e. The summed E-state index contributed by atoms with van der Waals surface area (Å²) in [6, 6.07) is 3.31. The fraction of sp³-hybridized carbons (Fsp3) is 0.429. The van der Waals surface area contributed by atoms with Crippen molar-refractivity contribution in [3.8, 4) is 11.1 Å². The summed E-state index contributed by atoms with van der Waals surface area (Å²) < 4.78 is 0. The predicted molar refractivity (Wildman–Crippen MR) is 117 cm³/mol. The van der Waals surface area contributed by atoms with Gasteiger partial charge in [-0.05, 0) is 31.2 Å². The summed E-state index contributed by atoms with van der Waals surface area (Å²) in [6.07, 6.45) is 7.09. The van der Waals surface area contributed by atoms with Gasteiger partial charge >= 0.3 is 6.03 Å². The molecule has 0 bridgehead atoms. The lowest BCUT2D eigenvalue weighted by Crippen LogP contribution is -2.40. The molecule has 0 saturated carbocycles. The van der Waals surface area contributed by atoms with E-state index in [1.54, 1.807) is 18.5 Å². The van der Waals surface area contributed by atoms with Crippen LogP contribution in [0.15, 0.2) is 30.7 Å². The minimum atomic E-state index is -0.410. The number of nitrogens with one attached hydrogen (secondary N) is 3. The van der Waals surface area contributed by atoms with Crippen molar-refractivity contribution < 1.29 is 9.59 Å². The molecule has 9 heteroatoms. The Morgan fingerprint density at radius 3 is 2.73 bits per heavy atom. The summed E-state index contributed by atoms with van der Waals surface area (Å²) in [5, 5.41) is 5.49. The first-order chi connectivity index (χ1) is 14.3. The molecule has 1 saturated heterocycles. The number of aromatic nitrogens is 2. The van der Waals surface area contributed by atoms with Crippen LogP contribution in [0.1, 0.15) is 44.0 Å². The summed E-state index contributed by atoms with van der Waals surface area (Å²) in [5.41, 5.74) is 5.21. The fourth-order valence-corrected chi connectivity index (χ4v) is 3.74. The van der Waals surface area contributed by atoms with Gasteiger partial charge in [0.05, 0.1) is 5.56 Å². The van der Waals surface area contributed by atoms with Crippen molar-refractivity contribution in [1.82, 2.24) is 20.7 Å². The van der Waals surface area contributed by atoms with Crippen LogP contribution < -0.4 is 26.8 Å². The zero-order valence-electron chi connectivity index (χ0n) is 17.7. The third-order valence-electron chi connectivity index (χ3n) is 5.14. The summed E-state index contributed by atoms with van der Waals surface area (Å²) in [7, 11) is 0. The van der Waals surface area contributed by atoms with Crippen molar-refractivity contribution in [1.29, 1.82) is 0 Å². The Labute approximate surface area is 176 Å². The summed E-state index contributed by atoms with van der Waals surface area (Å²) in [6.45, 7) is 8.66. The quantitative estimate of drug-likeness (QED) is 0.340. The Morgan fingerprint density at radius 2 is 2.03 bits per heavy atom. The third kappa shape index (κ3) is 5.04. The molecule has 9 nitrogen and oxygen atoms in total. The molecule has 0 unspecified atom stereocenters. The molecule has 3 amide bonds. The highest BCUT2D eigenvalue weighted by Gasteiger charge is 2.28. The molecular weight excluding hydrogens is 382 g/mol. The van der Waals surface area contributed by atoms with Gasteiger partial charge in [0.2, 0.25) is 0 Å². The number of piperidine rings is 1. The lowest BCUT2D eigenvalue weighted by Gasteiger charge is -2.40. The summed E-state index contributed by atoms with van der Waals surface area (Å²) in [5.74, 6) is 5.32. The molecule has 30 heavy (non-hydrogen) atoms. The van der Waals surface area contributed by atoms with E-state index in [0.29, 0.717) is 17.9 Å². The van der Waals surface area contributed by atoms with Gasteiger partial charge in [0.25, 0.3) is 5.91 Å². The predicted octanol–water partition coefficient (Wildman–Crippen LogP) is 2.51. The number of amides is 3. The normalized spacial score (nSPS) is 15.4. The number of hydrazine groups is 1. The molecule has 1 aliphatic heterocycles. The maximum atomic E-state index is 12.0. The van der Waals surface area contributed by atoms with Crippen molar-refractivity contribution in [2.24, 2.45) is 11.3 Å². The van der Waals surface area contributed by atoms with Crippen LogP contribution in [0.3, 0.4) is 0 Å². The van der Waals surface area contributed by atoms with E-state index in [-0.39, 0.29) is 11.4 Å². The van der Waals surface area contributed by atoms with E-state index >= 15 is 0 Å². The van der Waals surface area contributed by atoms with Gasteiger partial charge in [-0.3, -0.25) is 20.5 Å². The lowest BCUT2D eigenvalue weighted by atomic mass is 9.83. The molecule has 2 aromatic rings. The Balaban J connectivity index is 2.03. The van der Waals surface area contributed by atoms with Gasteiger partial charge in [0, 0.05) is 61.1 Å². The number of nitrogens with zero attached hydrogens (tertiary/aromatic N) is 3. The van der Waals surface area contributed by atoms with Crippen LogP contribution >= 0.6 is 0 Å². The SMILES string of the molecule is CCNC(=O)Nc1cc(N2CCCC(C)(C)C2)c(-c2cncc(C(=O)NN)c2)cn1. The zero-order chi connectivity index (χ0) is 21.7. The van der Waals surface area contributed by atoms with E-state index in [0.717, 1.165) is 42.7 Å². The largest absolute Gasteiger partial charge is 0.370 e. The molecule has 0 atom stereocenters. The van der Waals surface area contributed by atoms with E-state index in [1.807, 2.05) is 13.0 Å². The first-order valence-corrected chi connectivity index (χ1v) is 10.1. The molecule has 0 spiro atoms. The van der Waals surface area contributed by atoms with Gasteiger partial charge < -0.3 is 10.2 Å². The first kappa shape index (κ1) is 21.5. The number of carbonyl (C=O) groups is 2. The van der Waals surface area contributed by atoms with Crippen molar-refractivity contribution in [2.75, 3.05) is 29.9 Å². The minimum Gasteiger partial charge on any atom is -0.370 e. The Morgan fingerprint density at radius 1 is 1.23 bits per heavy atom. The van der Waals surface area contributed by atoms with E-state index in [9.17, 15) is 9.59 Å². The van der Waals surface area contributed by atoms with Crippen molar-refractivity contribution in [2.45, 2.75) is 33.6 Å². The van der Waals surface area contributed by atoms with Crippen LogP contribution in [0.2, 0.25) is 0 Å². The number of nitrogen functional groups attached to an aromatic ring is 1. The standard InChI is InChI=1S/C21H29N7O2/c1-4-24-20(30)26-18-9-17(28-7-5-6-21(2,3)13-28)16(12-25-18)14-8-15(11-23-10-14)19(29)27-22/h8-12H,4-7,13,22H2,1-3H3,(H,27,29)(H2,24,25,26,30). The second-order valence-corrected chi connectivity index (χ2v) is 8.20. The maximum absolute atomic E-state index is 12.0. The highest BCUT2D eigenvalue weighted by molar-refractivity contribution is 5.95. The molecule has 3 heterocycles. The highest BCUT2D eigenvalue weighted by Crippen LogP contribution is 2.37. The van der Waals surface area contributed by atoms with Gasteiger partial charge in [-0.25, -0.2) is 15.6 Å². The van der Waals surface area contributed by atoms with Gasteiger partial charge in [-0.15, -0.1) is 0 Å². The Hall–Kier alpha value is -3.20. The third-order valence-corrected chi connectivity index (χ3v) is 5.14. The molecule has 0 aromatic carbocycles. The Kier molecular flexibility index (Phi) is 6.51. The van der Waals surface area contributed by atoms with Crippen LogP contribution in [0.5, 0.6) is 0 Å². The van der Waals surface area contributed by atoms with Crippen LogP contribution in [-0.4, -0.2) is 41.5 Å². The number of carbonyl (C=O) groups excluding carboxylic acids is 2. The molecule has 1 aliphatic rings. The topological polar surface area (TPSA) is 125 Å². The van der Waals surface area contributed by atoms with Crippen molar-refractivity contribution in [3.63, 3.8) is 0 Å². The fourth-order valence-electron chi connectivity index (χ4n) is 3.74. The monoisotopic (exact) mass is 411 g/mol. The van der Waals surface area contributed by atoms with Crippen LogP contribution in [0.25, 0.3) is 11.1 Å². The zero-order valence-corrected chi connectivity index (χ0v) is 17.7. The average molecular weight is 412 g/mol.